The fraction of sp³-hybridized carbons (Fsp3) is 0.381. The molecule has 0 radical (unpaired) electrons. The minimum Gasteiger partial charge on any atom is -0.481 e. The van der Waals surface area contributed by atoms with Crippen molar-refractivity contribution < 1.29 is 19.4 Å². The number of H-pyrrole nitrogens is 1. The summed E-state index contributed by atoms with van der Waals surface area (Å²) in [4.78, 5) is 11.0. The number of ether oxygens (including phenoxy) is 2. The molecule has 0 aliphatic rings. The van der Waals surface area contributed by atoms with E-state index in [-0.39, 0.29) is 6.42 Å². The molecule has 2 heterocycles. The average Bonchev–Trinajstić information content (AvgIpc) is 3.34. The van der Waals surface area contributed by atoms with E-state index in [9.17, 15) is 4.79 Å². The van der Waals surface area contributed by atoms with Gasteiger partial charge in [-0.3, -0.25) is 9.89 Å². The van der Waals surface area contributed by atoms with Crippen LogP contribution in [0.5, 0.6) is 11.8 Å². The van der Waals surface area contributed by atoms with Crippen LogP contribution >= 0.6 is 0 Å². The predicted octanol–water partition coefficient (Wildman–Crippen LogP) is 3.41. The topological polar surface area (TPSA) is 102 Å². The standard InChI is InChI=1S/C21H26N4O4/c1-2-28-21-16(15-22-23-21)8-6-7-13-29-19-14-18(11-12-20(26)27)25(24-19)17-9-4-3-5-10-17/h3-5,9-10,14-15H,2,6-8,11-13H2,1H3,(H,22,23)(H,26,27). The van der Waals surface area contributed by atoms with Gasteiger partial charge in [0.1, 0.15) is 0 Å². The molecule has 0 aliphatic carbocycles. The van der Waals surface area contributed by atoms with Crippen LogP contribution < -0.4 is 9.47 Å². The van der Waals surface area contributed by atoms with Crippen LogP contribution in [-0.2, 0) is 17.6 Å². The lowest BCUT2D eigenvalue weighted by Crippen LogP contribution is -2.05. The number of hydrogen-bond acceptors (Lipinski definition) is 5. The van der Waals surface area contributed by atoms with Crippen molar-refractivity contribution in [1.29, 1.82) is 0 Å². The monoisotopic (exact) mass is 398 g/mol. The summed E-state index contributed by atoms with van der Waals surface area (Å²) in [5, 5.41) is 20.4. The minimum absolute atomic E-state index is 0.0465. The van der Waals surface area contributed by atoms with E-state index in [0.29, 0.717) is 31.4 Å². The summed E-state index contributed by atoms with van der Waals surface area (Å²) in [5.41, 5.74) is 2.76. The number of para-hydroxylation sites is 1. The molecule has 2 N–H and O–H groups in total. The van der Waals surface area contributed by atoms with E-state index in [4.69, 9.17) is 14.6 Å². The predicted molar refractivity (Wildman–Crippen MR) is 108 cm³/mol. The summed E-state index contributed by atoms with van der Waals surface area (Å²) in [6.07, 6.45) is 4.95. The number of unbranched alkanes of at least 4 members (excludes halogenated alkanes) is 1. The Kier molecular flexibility index (Phi) is 7.27. The molecule has 29 heavy (non-hydrogen) atoms. The van der Waals surface area contributed by atoms with Crippen molar-refractivity contribution in [3.63, 3.8) is 0 Å². The summed E-state index contributed by atoms with van der Waals surface area (Å²) in [5.74, 6) is 0.338. The molecule has 0 spiro atoms. The molecule has 0 saturated heterocycles. The van der Waals surface area contributed by atoms with E-state index in [0.717, 1.165) is 36.2 Å². The Morgan fingerprint density at radius 2 is 2.00 bits per heavy atom. The van der Waals surface area contributed by atoms with Gasteiger partial charge in [-0.1, -0.05) is 18.2 Å². The molecule has 0 aliphatic heterocycles. The van der Waals surface area contributed by atoms with Gasteiger partial charge in [0.15, 0.2) is 0 Å². The van der Waals surface area contributed by atoms with Crippen LogP contribution in [0.3, 0.4) is 0 Å². The second-order valence-electron chi connectivity index (χ2n) is 6.57. The lowest BCUT2D eigenvalue weighted by atomic mass is 10.1. The first-order valence-corrected chi connectivity index (χ1v) is 9.81. The third kappa shape index (κ3) is 5.84. The van der Waals surface area contributed by atoms with Crippen LogP contribution in [-0.4, -0.2) is 44.3 Å². The molecular weight excluding hydrogens is 372 g/mol. The molecular formula is C21H26N4O4. The molecule has 8 nitrogen and oxygen atoms in total. The van der Waals surface area contributed by atoms with Crippen molar-refractivity contribution in [2.24, 2.45) is 0 Å². The van der Waals surface area contributed by atoms with Gasteiger partial charge in [0.2, 0.25) is 11.8 Å². The number of aryl methyl sites for hydroxylation is 2. The molecule has 3 aromatic rings. The fourth-order valence-corrected chi connectivity index (χ4v) is 3.01. The highest BCUT2D eigenvalue weighted by Gasteiger charge is 2.12. The number of aromatic amines is 1. The maximum atomic E-state index is 11.0. The van der Waals surface area contributed by atoms with E-state index >= 15 is 0 Å². The number of carboxylic acids is 1. The van der Waals surface area contributed by atoms with Crippen molar-refractivity contribution in [3.8, 4) is 17.4 Å². The van der Waals surface area contributed by atoms with Crippen molar-refractivity contribution in [2.75, 3.05) is 13.2 Å². The van der Waals surface area contributed by atoms with Gasteiger partial charge >= 0.3 is 5.97 Å². The van der Waals surface area contributed by atoms with Gasteiger partial charge in [-0.05, 0) is 38.3 Å². The van der Waals surface area contributed by atoms with Crippen LogP contribution in [0.25, 0.3) is 5.69 Å². The molecule has 154 valence electrons. The van der Waals surface area contributed by atoms with Gasteiger partial charge in [0.25, 0.3) is 0 Å². The molecule has 0 unspecified atom stereocenters. The molecule has 0 fully saturated rings. The highest BCUT2D eigenvalue weighted by Crippen LogP contribution is 2.20. The van der Waals surface area contributed by atoms with Gasteiger partial charge in [0, 0.05) is 29.9 Å². The summed E-state index contributed by atoms with van der Waals surface area (Å²) >= 11 is 0. The van der Waals surface area contributed by atoms with Crippen LogP contribution in [0.4, 0.5) is 0 Å². The molecule has 0 bridgehead atoms. The third-order valence-electron chi connectivity index (χ3n) is 4.41. The molecule has 0 amide bonds. The number of aliphatic carboxylic acids is 1. The second-order valence-corrected chi connectivity index (χ2v) is 6.57. The Morgan fingerprint density at radius 3 is 2.76 bits per heavy atom. The minimum atomic E-state index is -0.834. The average molecular weight is 398 g/mol. The quantitative estimate of drug-likeness (QED) is 0.453. The first-order valence-electron chi connectivity index (χ1n) is 9.81. The zero-order valence-electron chi connectivity index (χ0n) is 16.5. The molecule has 3 rings (SSSR count). The maximum Gasteiger partial charge on any atom is 0.303 e. The fourth-order valence-electron chi connectivity index (χ4n) is 3.01. The van der Waals surface area contributed by atoms with E-state index in [1.54, 1.807) is 4.68 Å². The number of nitrogens with zero attached hydrogens (tertiary/aromatic N) is 3. The first-order chi connectivity index (χ1) is 14.2. The van der Waals surface area contributed by atoms with E-state index in [1.165, 1.54) is 0 Å². The van der Waals surface area contributed by atoms with Crippen LogP contribution in [0.1, 0.15) is 37.4 Å². The molecule has 0 saturated carbocycles. The van der Waals surface area contributed by atoms with Crippen LogP contribution in [0.15, 0.2) is 42.6 Å². The van der Waals surface area contributed by atoms with Crippen molar-refractivity contribution >= 4 is 5.97 Å². The number of nitrogens with one attached hydrogen (secondary N) is 1. The highest BCUT2D eigenvalue weighted by atomic mass is 16.5. The van der Waals surface area contributed by atoms with Gasteiger partial charge in [-0.15, -0.1) is 10.2 Å². The molecule has 0 atom stereocenters. The Labute approximate surface area is 169 Å². The summed E-state index contributed by atoms with van der Waals surface area (Å²) in [7, 11) is 0. The first kappa shape index (κ1) is 20.4. The zero-order valence-corrected chi connectivity index (χ0v) is 16.5. The maximum absolute atomic E-state index is 11.0. The largest absolute Gasteiger partial charge is 0.481 e. The second kappa shape index (κ2) is 10.3. The molecule has 1 aromatic carbocycles. The lowest BCUT2D eigenvalue weighted by molar-refractivity contribution is -0.136. The van der Waals surface area contributed by atoms with Gasteiger partial charge in [0.05, 0.1) is 25.3 Å². The van der Waals surface area contributed by atoms with Gasteiger partial charge in [-0.2, -0.15) is 0 Å². The van der Waals surface area contributed by atoms with Crippen molar-refractivity contribution in [3.05, 3.63) is 53.9 Å². The Morgan fingerprint density at radius 1 is 1.17 bits per heavy atom. The van der Waals surface area contributed by atoms with Gasteiger partial charge in [-0.25, -0.2) is 4.68 Å². The number of benzene rings is 1. The number of carbonyl (C=O) groups is 1. The third-order valence-corrected chi connectivity index (χ3v) is 4.41. The van der Waals surface area contributed by atoms with Crippen molar-refractivity contribution in [1.82, 2.24) is 20.0 Å². The molecule has 2 aromatic heterocycles. The Balaban J connectivity index is 1.55. The van der Waals surface area contributed by atoms with Crippen LogP contribution in [0, 0.1) is 0 Å². The van der Waals surface area contributed by atoms with Crippen molar-refractivity contribution in [2.45, 2.75) is 39.0 Å². The molecule has 8 heteroatoms. The van der Waals surface area contributed by atoms with Crippen LogP contribution in [0.2, 0.25) is 0 Å². The van der Waals surface area contributed by atoms with E-state index < -0.39 is 5.97 Å². The number of rotatable bonds is 12. The SMILES string of the molecule is CCOc1n[nH]cc1CCCCOc1cc(CCC(=O)O)n(-c2ccccc2)n1. The Hall–Kier alpha value is -3.29. The number of hydrogen-bond donors (Lipinski definition) is 2. The Bertz CT molecular complexity index is 905. The number of aromatic nitrogens is 4. The number of carboxylic acid groups (broad SMARTS) is 1. The smallest absolute Gasteiger partial charge is 0.303 e. The highest BCUT2D eigenvalue weighted by molar-refractivity contribution is 5.67. The van der Waals surface area contributed by atoms with Gasteiger partial charge < -0.3 is 14.6 Å². The summed E-state index contributed by atoms with van der Waals surface area (Å²) in [6.45, 7) is 3.06. The summed E-state index contributed by atoms with van der Waals surface area (Å²) < 4.78 is 13.0. The lowest BCUT2D eigenvalue weighted by Gasteiger charge is -2.06. The normalized spacial score (nSPS) is 10.8. The van der Waals surface area contributed by atoms with E-state index in [1.807, 2.05) is 49.5 Å². The summed E-state index contributed by atoms with van der Waals surface area (Å²) in [6, 6.07) is 11.5. The van der Waals surface area contributed by atoms with E-state index in [2.05, 4.69) is 15.3 Å². The zero-order chi connectivity index (χ0) is 20.5.